The highest BCUT2D eigenvalue weighted by atomic mass is 32.1. The van der Waals surface area contributed by atoms with Crippen molar-refractivity contribution in [3.05, 3.63) is 102 Å². The summed E-state index contributed by atoms with van der Waals surface area (Å²) in [5.74, 6) is 0. The van der Waals surface area contributed by atoms with Crippen molar-refractivity contribution in [2.45, 2.75) is 33.2 Å². The molecule has 1 nitrogen and oxygen atoms in total. The van der Waals surface area contributed by atoms with E-state index in [1.54, 1.807) is 0 Å². The van der Waals surface area contributed by atoms with Crippen molar-refractivity contribution in [1.82, 2.24) is 0 Å². The van der Waals surface area contributed by atoms with Gasteiger partial charge in [0, 0.05) is 15.2 Å². The van der Waals surface area contributed by atoms with Crippen LogP contribution in [0.2, 0.25) is 0 Å². The first-order chi connectivity index (χ1) is 15.6. The minimum absolute atomic E-state index is 0.229. The Kier molecular flexibility index (Phi) is 4.52. The average Bonchev–Trinajstić information content (AvgIpc) is 3.17. The van der Waals surface area contributed by atoms with Gasteiger partial charge in [-0.3, -0.25) is 0 Å². The zero-order valence-electron chi connectivity index (χ0n) is 18.6. The number of hydrogen-bond donors (Lipinski definition) is 0. The Bertz CT molecular complexity index is 1410. The predicted octanol–water partition coefficient (Wildman–Crippen LogP) is 5.36. The predicted molar refractivity (Wildman–Crippen MR) is 140 cm³/mol. The average molecular weight is 429 g/mol. The number of nitrogens with zero attached hydrogens (tertiary/aromatic N) is 1. The van der Waals surface area contributed by atoms with E-state index in [0.29, 0.717) is 6.04 Å². The van der Waals surface area contributed by atoms with Crippen LogP contribution in [-0.2, 0) is 0 Å². The van der Waals surface area contributed by atoms with E-state index in [1.165, 1.54) is 53.9 Å². The molecule has 32 heavy (non-hydrogen) atoms. The minimum Gasteiger partial charge on any atom is -0.333 e. The number of benzene rings is 2. The lowest BCUT2D eigenvalue weighted by Crippen LogP contribution is -2.58. The normalized spacial score (nSPS) is 17.1. The van der Waals surface area contributed by atoms with E-state index in [2.05, 4.69) is 105 Å². The van der Waals surface area contributed by atoms with Crippen molar-refractivity contribution >= 4 is 55.2 Å². The first-order valence-electron chi connectivity index (χ1n) is 11.3. The topological polar surface area (TPSA) is 3.24 Å². The second-order valence-corrected chi connectivity index (χ2v) is 10.1. The van der Waals surface area contributed by atoms with Crippen molar-refractivity contribution in [3.63, 3.8) is 0 Å². The molecule has 0 N–H and O–H groups in total. The molecule has 1 aromatic heterocycles. The summed E-state index contributed by atoms with van der Waals surface area (Å²) >= 11 is 1.91. The standard InChI is InChI=1S/C29H24BNS/c1-19-11-14-23(15-12-19)31-26-18-21(3)13-16-25(26)30(22-8-6-7-20(2)17-22)29-28(31)24-9-4-5-10-27(24)32-29/h5-8,10-14,16-18,23H,15H2,1-3H3. The Labute approximate surface area is 194 Å². The van der Waals surface area contributed by atoms with Gasteiger partial charge in [-0.15, -0.1) is 11.3 Å². The molecule has 0 spiro atoms. The second-order valence-electron chi connectivity index (χ2n) is 9.05. The van der Waals surface area contributed by atoms with Crippen LogP contribution >= 0.6 is 11.3 Å². The van der Waals surface area contributed by atoms with Crippen LogP contribution in [0.3, 0.4) is 0 Å². The zero-order chi connectivity index (χ0) is 21.8. The molecule has 1 aliphatic carbocycles. The first kappa shape index (κ1) is 19.5. The summed E-state index contributed by atoms with van der Waals surface area (Å²) < 4.78 is 2.70. The highest BCUT2D eigenvalue weighted by Gasteiger charge is 2.39. The molecule has 1 atom stereocenters. The number of hydrogen-bond acceptors (Lipinski definition) is 2. The van der Waals surface area contributed by atoms with E-state index < -0.39 is 0 Å². The molecule has 154 valence electrons. The molecule has 2 aliphatic rings. The van der Waals surface area contributed by atoms with Crippen molar-refractivity contribution in [3.8, 4) is 0 Å². The summed E-state index contributed by atoms with van der Waals surface area (Å²) in [6.07, 6.45) is 8.00. The van der Waals surface area contributed by atoms with Gasteiger partial charge in [-0.1, -0.05) is 83.4 Å². The van der Waals surface area contributed by atoms with Crippen LogP contribution in [-0.4, -0.2) is 12.8 Å². The van der Waals surface area contributed by atoms with Gasteiger partial charge in [0.25, 0.3) is 6.71 Å². The number of thiophene rings is 1. The fourth-order valence-electron chi connectivity index (χ4n) is 5.16. The molecule has 0 fully saturated rings. The number of aryl methyl sites for hydroxylation is 2. The summed E-state index contributed by atoms with van der Waals surface area (Å²) in [4.78, 5) is 2.58. The van der Waals surface area contributed by atoms with E-state index in [0.717, 1.165) is 6.42 Å². The van der Waals surface area contributed by atoms with Crippen LogP contribution in [0.4, 0.5) is 11.4 Å². The van der Waals surface area contributed by atoms with E-state index in [9.17, 15) is 0 Å². The number of fused-ring (bicyclic) bond motifs is 4. The molecule has 3 heteroatoms. The minimum atomic E-state index is 0.229. The summed E-state index contributed by atoms with van der Waals surface area (Å²) in [6.45, 7) is 6.79. The van der Waals surface area contributed by atoms with Crippen molar-refractivity contribution in [2.24, 2.45) is 0 Å². The third-order valence-electron chi connectivity index (χ3n) is 6.68. The largest absolute Gasteiger partial charge is 0.333 e. The number of allylic oxidation sites excluding steroid dienone is 2. The second kappa shape index (κ2) is 7.43. The maximum Gasteiger partial charge on any atom is 0.259 e. The van der Waals surface area contributed by atoms with Crippen molar-refractivity contribution in [2.75, 3.05) is 4.90 Å². The Morgan fingerprint density at radius 2 is 1.91 bits per heavy atom. The SMILES string of the molecule is CC1=CCC(N2c3cc(C)ccc3B(c3cccc(C)c3)c3sc4ccc#cc4c32)C=C1. The lowest BCUT2D eigenvalue weighted by Gasteiger charge is -2.40. The third kappa shape index (κ3) is 3.02. The van der Waals surface area contributed by atoms with Crippen LogP contribution in [0.25, 0.3) is 10.1 Å². The molecule has 0 saturated carbocycles. The first-order valence-corrected chi connectivity index (χ1v) is 12.1. The lowest BCUT2D eigenvalue weighted by molar-refractivity contribution is 0.784. The van der Waals surface area contributed by atoms with Crippen LogP contribution in [0.15, 0.2) is 78.4 Å². The van der Waals surface area contributed by atoms with Gasteiger partial charge in [0.1, 0.15) is 0 Å². The summed E-state index contributed by atoms with van der Waals surface area (Å²) in [5.41, 5.74) is 9.33. The smallest absolute Gasteiger partial charge is 0.259 e. The molecule has 2 heterocycles. The van der Waals surface area contributed by atoms with Crippen molar-refractivity contribution < 1.29 is 0 Å². The van der Waals surface area contributed by atoms with Crippen LogP contribution in [0.5, 0.6) is 0 Å². The van der Waals surface area contributed by atoms with Gasteiger partial charge in [-0.25, -0.2) is 0 Å². The molecule has 0 saturated heterocycles. The highest BCUT2D eigenvalue weighted by molar-refractivity contribution is 7.33. The van der Waals surface area contributed by atoms with E-state index >= 15 is 0 Å². The fourth-order valence-corrected chi connectivity index (χ4v) is 6.46. The molecule has 3 aromatic carbocycles. The Hall–Kier alpha value is -3.22. The Balaban J connectivity index is 1.67. The zero-order valence-corrected chi connectivity index (χ0v) is 19.5. The van der Waals surface area contributed by atoms with Crippen molar-refractivity contribution in [1.29, 1.82) is 0 Å². The molecule has 1 unspecified atom stereocenters. The van der Waals surface area contributed by atoms with E-state index in [-0.39, 0.29) is 6.71 Å². The number of anilines is 2. The van der Waals surface area contributed by atoms with Gasteiger partial charge in [0.05, 0.1) is 17.1 Å². The highest BCUT2D eigenvalue weighted by Crippen LogP contribution is 2.40. The molecule has 0 amide bonds. The maximum atomic E-state index is 3.47. The monoisotopic (exact) mass is 429 g/mol. The quantitative estimate of drug-likeness (QED) is 0.388. The molecular formula is C29H24BNS. The van der Waals surface area contributed by atoms with Crippen LogP contribution in [0, 0.1) is 26.0 Å². The Morgan fingerprint density at radius 3 is 2.72 bits per heavy atom. The van der Waals surface area contributed by atoms with Gasteiger partial charge < -0.3 is 4.90 Å². The van der Waals surface area contributed by atoms with E-state index in [4.69, 9.17) is 0 Å². The fraction of sp³-hybridized carbons (Fsp3) is 0.172. The lowest BCUT2D eigenvalue weighted by atomic mass is 9.38. The van der Waals surface area contributed by atoms with E-state index in [1.807, 2.05) is 17.4 Å². The van der Waals surface area contributed by atoms with Crippen LogP contribution in [0.1, 0.15) is 24.5 Å². The molecule has 0 bridgehead atoms. The van der Waals surface area contributed by atoms with Gasteiger partial charge in [0.15, 0.2) is 0 Å². The molecule has 1 aliphatic heterocycles. The summed E-state index contributed by atoms with van der Waals surface area (Å²) in [7, 11) is 0. The third-order valence-corrected chi connectivity index (χ3v) is 7.89. The van der Waals surface area contributed by atoms with Gasteiger partial charge in [-0.05, 0) is 56.4 Å². The summed E-state index contributed by atoms with van der Waals surface area (Å²) in [6, 6.07) is 27.2. The van der Waals surface area contributed by atoms with Gasteiger partial charge >= 0.3 is 0 Å². The number of rotatable bonds is 2. The molecule has 6 rings (SSSR count). The summed E-state index contributed by atoms with van der Waals surface area (Å²) in [5, 5.41) is 1.19. The Morgan fingerprint density at radius 1 is 1.03 bits per heavy atom. The maximum absolute atomic E-state index is 3.47. The van der Waals surface area contributed by atoms with Crippen LogP contribution < -0.4 is 20.6 Å². The van der Waals surface area contributed by atoms with Gasteiger partial charge in [0.2, 0.25) is 0 Å². The molecule has 4 aromatic rings. The molecular weight excluding hydrogens is 405 g/mol. The molecule has 0 radical (unpaired) electrons. The van der Waals surface area contributed by atoms with Gasteiger partial charge in [-0.2, -0.15) is 0 Å².